The van der Waals surface area contributed by atoms with Crippen LogP contribution in [-0.4, -0.2) is 24.0 Å². The first-order valence-electron chi connectivity index (χ1n) is 6.93. The zero-order valence-corrected chi connectivity index (χ0v) is 12.8. The molecule has 1 aliphatic heterocycles. The van der Waals surface area contributed by atoms with Crippen molar-refractivity contribution in [2.75, 3.05) is 13.1 Å². The second-order valence-electron chi connectivity index (χ2n) is 5.60. The highest BCUT2D eigenvalue weighted by molar-refractivity contribution is 5.85. The van der Waals surface area contributed by atoms with Crippen LogP contribution in [0, 0.1) is 17.6 Å². The van der Waals surface area contributed by atoms with Gasteiger partial charge in [-0.2, -0.15) is 0 Å². The predicted octanol–water partition coefficient (Wildman–Crippen LogP) is 3.51. The lowest BCUT2D eigenvalue weighted by Gasteiger charge is -2.38. The Labute approximate surface area is 125 Å². The highest BCUT2D eigenvalue weighted by Crippen LogP contribution is 2.29. The Kier molecular flexibility index (Phi) is 6.37. The molecule has 114 valence electrons. The standard InChI is InChI=1S/C15H22F2N2.ClH/c1-10(18)12-4-3-7-19(9-12)11(2)14-8-13(16)5-6-15(14)17;/h5-6,8,10-12H,3-4,7,9,18H2,1-2H3;1H. The number of hydrogen-bond acceptors (Lipinski definition) is 2. The normalized spacial score (nSPS) is 22.9. The number of piperidine rings is 1. The van der Waals surface area contributed by atoms with E-state index in [0.717, 1.165) is 32.0 Å². The highest BCUT2D eigenvalue weighted by atomic mass is 35.5. The summed E-state index contributed by atoms with van der Waals surface area (Å²) in [5.41, 5.74) is 6.40. The summed E-state index contributed by atoms with van der Waals surface area (Å²) in [7, 11) is 0. The van der Waals surface area contributed by atoms with Crippen molar-refractivity contribution in [3.8, 4) is 0 Å². The van der Waals surface area contributed by atoms with Crippen LogP contribution in [0.1, 0.15) is 38.3 Å². The molecule has 1 aromatic rings. The van der Waals surface area contributed by atoms with Gasteiger partial charge in [0.05, 0.1) is 0 Å². The lowest BCUT2D eigenvalue weighted by Crippen LogP contribution is -2.43. The highest BCUT2D eigenvalue weighted by Gasteiger charge is 2.27. The van der Waals surface area contributed by atoms with Gasteiger partial charge in [0, 0.05) is 24.2 Å². The number of nitrogens with two attached hydrogens (primary N) is 1. The van der Waals surface area contributed by atoms with Crippen LogP contribution in [0.5, 0.6) is 0 Å². The fraction of sp³-hybridized carbons (Fsp3) is 0.600. The van der Waals surface area contributed by atoms with Gasteiger partial charge in [-0.15, -0.1) is 12.4 Å². The molecule has 2 rings (SSSR count). The van der Waals surface area contributed by atoms with Gasteiger partial charge in [-0.05, 0) is 57.4 Å². The van der Waals surface area contributed by atoms with E-state index in [1.807, 2.05) is 13.8 Å². The molecule has 1 saturated heterocycles. The monoisotopic (exact) mass is 304 g/mol. The molecular formula is C15H23ClF2N2. The molecule has 1 aliphatic rings. The molecule has 0 amide bonds. The van der Waals surface area contributed by atoms with E-state index in [2.05, 4.69) is 4.90 Å². The summed E-state index contributed by atoms with van der Waals surface area (Å²) in [6, 6.07) is 3.69. The second-order valence-corrected chi connectivity index (χ2v) is 5.60. The molecule has 0 radical (unpaired) electrons. The Bertz CT molecular complexity index is 440. The van der Waals surface area contributed by atoms with Gasteiger partial charge in [-0.25, -0.2) is 8.78 Å². The molecule has 3 atom stereocenters. The van der Waals surface area contributed by atoms with Crippen LogP contribution >= 0.6 is 12.4 Å². The number of benzene rings is 1. The number of hydrogen-bond donors (Lipinski definition) is 1. The van der Waals surface area contributed by atoms with Crippen molar-refractivity contribution < 1.29 is 8.78 Å². The molecule has 0 saturated carbocycles. The first-order valence-corrected chi connectivity index (χ1v) is 6.93. The number of halogens is 3. The molecule has 0 aliphatic carbocycles. The van der Waals surface area contributed by atoms with Gasteiger partial charge >= 0.3 is 0 Å². The van der Waals surface area contributed by atoms with Crippen LogP contribution in [0.15, 0.2) is 18.2 Å². The van der Waals surface area contributed by atoms with Crippen LogP contribution in [0.2, 0.25) is 0 Å². The van der Waals surface area contributed by atoms with Crippen LogP contribution in [0.4, 0.5) is 8.78 Å². The van der Waals surface area contributed by atoms with Crippen molar-refractivity contribution in [2.45, 2.75) is 38.8 Å². The van der Waals surface area contributed by atoms with Gasteiger partial charge in [-0.1, -0.05) is 0 Å². The van der Waals surface area contributed by atoms with E-state index < -0.39 is 0 Å². The van der Waals surface area contributed by atoms with Crippen molar-refractivity contribution in [1.29, 1.82) is 0 Å². The molecule has 0 aromatic heterocycles. The van der Waals surface area contributed by atoms with E-state index in [4.69, 9.17) is 5.73 Å². The number of rotatable bonds is 3. The van der Waals surface area contributed by atoms with Crippen molar-refractivity contribution in [2.24, 2.45) is 11.7 Å². The molecule has 5 heteroatoms. The molecule has 3 unspecified atom stereocenters. The molecule has 1 fully saturated rings. The summed E-state index contributed by atoms with van der Waals surface area (Å²) < 4.78 is 27.1. The summed E-state index contributed by atoms with van der Waals surface area (Å²) in [4.78, 5) is 2.20. The molecule has 0 spiro atoms. The van der Waals surface area contributed by atoms with Gasteiger partial charge in [0.15, 0.2) is 0 Å². The third kappa shape index (κ3) is 3.90. The molecule has 1 heterocycles. The van der Waals surface area contributed by atoms with Gasteiger partial charge in [0.1, 0.15) is 11.6 Å². The van der Waals surface area contributed by atoms with E-state index >= 15 is 0 Å². The van der Waals surface area contributed by atoms with Crippen molar-refractivity contribution >= 4 is 12.4 Å². The van der Waals surface area contributed by atoms with Crippen LogP contribution in [-0.2, 0) is 0 Å². The maximum absolute atomic E-state index is 13.8. The van der Waals surface area contributed by atoms with Crippen LogP contribution < -0.4 is 5.73 Å². The first kappa shape index (κ1) is 17.3. The Hall–Kier alpha value is -0.710. The third-order valence-corrected chi connectivity index (χ3v) is 4.19. The average Bonchev–Trinajstić information content (AvgIpc) is 2.41. The van der Waals surface area contributed by atoms with Gasteiger partial charge in [0.25, 0.3) is 0 Å². The summed E-state index contributed by atoms with van der Waals surface area (Å²) >= 11 is 0. The second kappa shape index (κ2) is 7.34. The van der Waals surface area contributed by atoms with Gasteiger partial charge in [0.2, 0.25) is 0 Å². The molecule has 1 aromatic carbocycles. The maximum Gasteiger partial charge on any atom is 0.128 e. The molecule has 20 heavy (non-hydrogen) atoms. The molecular weight excluding hydrogens is 282 g/mol. The minimum absolute atomic E-state index is 0. The lowest BCUT2D eigenvalue weighted by molar-refractivity contribution is 0.119. The minimum atomic E-state index is -0.385. The topological polar surface area (TPSA) is 29.3 Å². The summed E-state index contributed by atoms with van der Waals surface area (Å²) in [6.07, 6.45) is 2.18. The average molecular weight is 305 g/mol. The Morgan fingerprint density at radius 1 is 1.30 bits per heavy atom. The minimum Gasteiger partial charge on any atom is -0.328 e. The van der Waals surface area contributed by atoms with Crippen molar-refractivity contribution in [3.05, 3.63) is 35.4 Å². The number of nitrogens with zero attached hydrogens (tertiary/aromatic N) is 1. The summed E-state index contributed by atoms with van der Waals surface area (Å²) in [5.74, 6) is -0.284. The lowest BCUT2D eigenvalue weighted by atomic mass is 9.90. The van der Waals surface area contributed by atoms with Crippen LogP contribution in [0.25, 0.3) is 0 Å². The Balaban J connectivity index is 0.00000200. The third-order valence-electron chi connectivity index (χ3n) is 4.19. The zero-order chi connectivity index (χ0) is 14.0. The van der Waals surface area contributed by atoms with E-state index in [1.54, 1.807) is 0 Å². The van der Waals surface area contributed by atoms with Crippen LogP contribution in [0.3, 0.4) is 0 Å². The quantitative estimate of drug-likeness (QED) is 0.926. The SMILES string of the molecule is CC(N)C1CCCN(C(C)c2cc(F)ccc2F)C1.Cl. The molecule has 2 N–H and O–H groups in total. The fourth-order valence-electron chi connectivity index (χ4n) is 2.85. The maximum atomic E-state index is 13.8. The Morgan fingerprint density at radius 3 is 2.65 bits per heavy atom. The summed E-state index contributed by atoms with van der Waals surface area (Å²) in [5, 5.41) is 0. The largest absolute Gasteiger partial charge is 0.328 e. The van der Waals surface area contributed by atoms with E-state index in [0.29, 0.717) is 11.5 Å². The zero-order valence-electron chi connectivity index (χ0n) is 12.0. The Morgan fingerprint density at radius 2 is 2.00 bits per heavy atom. The van der Waals surface area contributed by atoms with E-state index in [9.17, 15) is 8.78 Å². The van der Waals surface area contributed by atoms with Crippen molar-refractivity contribution in [3.63, 3.8) is 0 Å². The van der Waals surface area contributed by atoms with Gasteiger partial charge < -0.3 is 5.73 Å². The first-order chi connectivity index (χ1) is 8.99. The fourth-order valence-corrected chi connectivity index (χ4v) is 2.85. The molecule has 2 nitrogen and oxygen atoms in total. The van der Waals surface area contributed by atoms with E-state index in [1.165, 1.54) is 12.1 Å². The van der Waals surface area contributed by atoms with Gasteiger partial charge in [-0.3, -0.25) is 4.90 Å². The number of likely N-dealkylation sites (tertiary alicyclic amines) is 1. The van der Waals surface area contributed by atoms with Crippen molar-refractivity contribution in [1.82, 2.24) is 4.90 Å². The summed E-state index contributed by atoms with van der Waals surface area (Å²) in [6.45, 7) is 5.72. The smallest absolute Gasteiger partial charge is 0.128 e. The predicted molar refractivity (Wildman–Crippen MR) is 80.0 cm³/mol. The molecule has 0 bridgehead atoms. The van der Waals surface area contributed by atoms with E-state index in [-0.39, 0.29) is 36.1 Å².